The van der Waals surface area contributed by atoms with Crippen molar-refractivity contribution in [3.63, 3.8) is 0 Å². The van der Waals surface area contributed by atoms with Crippen LogP contribution in [0, 0.1) is 10.1 Å². The minimum absolute atomic E-state index is 0.0561. The molecule has 0 N–H and O–H groups in total. The number of amides is 1. The Labute approximate surface area is 176 Å². The van der Waals surface area contributed by atoms with E-state index in [1.54, 1.807) is 47.0 Å². The quantitative estimate of drug-likeness (QED) is 0.300. The van der Waals surface area contributed by atoms with Crippen LogP contribution in [0.3, 0.4) is 0 Å². The monoisotopic (exact) mass is 445 g/mol. The second-order valence-electron chi connectivity index (χ2n) is 6.53. The van der Waals surface area contributed by atoms with E-state index in [-0.39, 0.29) is 23.6 Å². The molecule has 0 atom stereocenters. The molecule has 10 heteroatoms. The number of hydrogen-bond acceptors (Lipinski definition) is 6. The van der Waals surface area contributed by atoms with Crippen LogP contribution in [0.2, 0.25) is 0 Å². The van der Waals surface area contributed by atoms with Gasteiger partial charge in [-0.25, -0.2) is 8.42 Å². The molecular formula is C20H19N3O5S2. The Bertz CT molecular complexity index is 1270. The lowest BCUT2D eigenvalue weighted by Crippen LogP contribution is -2.18. The molecule has 3 rings (SSSR count). The van der Waals surface area contributed by atoms with Gasteiger partial charge in [0.05, 0.1) is 26.6 Å². The van der Waals surface area contributed by atoms with Gasteiger partial charge in [0.25, 0.3) is 5.69 Å². The molecule has 1 amide bonds. The fraction of sp³-hybridized carbons (Fsp3) is 0.200. The van der Waals surface area contributed by atoms with Crippen molar-refractivity contribution in [1.82, 2.24) is 4.57 Å². The molecule has 0 fully saturated rings. The van der Waals surface area contributed by atoms with E-state index in [0.29, 0.717) is 27.1 Å². The third-order valence-corrected chi connectivity index (χ3v) is 6.91. The number of non-ortho nitro benzene ring substituents is 1. The van der Waals surface area contributed by atoms with E-state index in [2.05, 4.69) is 11.6 Å². The molecule has 0 saturated carbocycles. The highest BCUT2D eigenvalue weighted by Crippen LogP contribution is 2.23. The van der Waals surface area contributed by atoms with Gasteiger partial charge in [0.15, 0.2) is 14.6 Å². The Kier molecular flexibility index (Phi) is 6.58. The number of fused-ring (bicyclic) bond motifs is 1. The first kappa shape index (κ1) is 21.6. The molecule has 0 unspecified atom stereocenters. The summed E-state index contributed by atoms with van der Waals surface area (Å²) >= 11 is 1.13. The fourth-order valence-electron chi connectivity index (χ4n) is 2.87. The average Bonchev–Trinajstić information content (AvgIpc) is 3.03. The van der Waals surface area contributed by atoms with E-state index in [1.165, 1.54) is 12.1 Å². The number of benzene rings is 2. The first-order chi connectivity index (χ1) is 14.3. The number of nitrogens with zero attached hydrogens (tertiary/aromatic N) is 3. The second-order valence-corrected chi connectivity index (χ2v) is 9.72. The zero-order chi connectivity index (χ0) is 21.7. The third-order valence-electron chi connectivity index (χ3n) is 4.27. The Morgan fingerprint density at radius 2 is 1.97 bits per heavy atom. The van der Waals surface area contributed by atoms with E-state index >= 15 is 0 Å². The topological polar surface area (TPSA) is 112 Å². The van der Waals surface area contributed by atoms with E-state index in [4.69, 9.17) is 0 Å². The Balaban J connectivity index is 1.82. The van der Waals surface area contributed by atoms with Crippen molar-refractivity contribution in [2.45, 2.75) is 18.7 Å². The number of hydrogen-bond donors (Lipinski definition) is 0. The number of carbonyl (C=O) groups excluding carboxylic acids is 1. The molecule has 0 aliphatic heterocycles. The van der Waals surface area contributed by atoms with Gasteiger partial charge in [-0.3, -0.25) is 14.9 Å². The van der Waals surface area contributed by atoms with Crippen molar-refractivity contribution in [1.29, 1.82) is 0 Å². The lowest BCUT2D eigenvalue weighted by molar-refractivity contribution is -0.384. The lowest BCUT2D eigenvalue weighted by atomic mass is 10.2. The zero-order valence-electron chi connectivity index (χ0n) is 15.9. The fourth-order valence-corrected chi connectivity index (χ4v) is 5.29. The number of aromatic nitrogens is 1. The van der Waals surface area contributed by atoms with Gasteiger partial charge < -0.3 is 4.57 Å². The van der Waals surface area contributed by atoms with Gasteiger partial charge >= 0.3 is 0 Å². The second kappa shape index (κ2) is 9.14. The molecule has 0 bridgehead atoms. The lowest BCUT2D eigenvalue weighted by Gasteiger charge is -2.03. The van der Waals surface area contributed by atoms with Crippen molar-refractivity contribution >= 4 is 43.0 Å². The van der Waals surface area contributed by atoms with Gasteiger partial charge in [-0.1, -0.05) is 47.7 Å². The molecule has 3 aromatic rings. The van der Waals surface area contributed by atoms with Crippen LogP contribution in [-0.4, -0.2) is 29.6 Å². The Morgan fingerprint density at radius 3 is 2.63 bits per heavy atom. The minimum Gasteiger partial charge on any atom is -0.312 e. The van der Waals surface area contributed by atoms with Crippen molar-refractivity contribution in [3.8, 4) is 0 Å². The first-order valence-electron chi connectivity index (χ1n) is 8.99. The number of nitro benzene ring substituents is 1. The van der Waals surface area contributed by atoms with Crippen LogP contribution in [0.1, 0.15) is 12.0 Å². The molecule has 8 nitrogen and oxygen atoms in total. The number of allylic oxidation sites excluding steroid dienone is 1. The summed E-state index contributed by atoms with van der Waals surface area (Å²) in [5, 5.41) is 11.0. The molecule has 0 saturated heterocycles. The average molecular weight is 446 g/mol. The van der Waals surface area contributed by atoms with Crippen molar-refractivity contribution in [2.24, 2.45) is 4.99 Å². The van der Waals surface area contributed by atoms with E-state index in [9.17, 15) is 23.3 Å². The summed E-state index contributed by atoms with van der Waals surface area (Å²) in [5.74, 6) is -1.00. The van der Waals surface area contributed by atoms with Gasteiger partial charge in [0.2, 0.25) is 5.91 Å². The van der Waals surface area contributed by atoms with Gasteiger partial charge in [0, 0.05) is 25.1 Å². The number of nitro groups is 1. The standard InChI is InChI=1S/C20H19N3O5S2/c1-2-11-22-17-9-8-16(23(25)26)13-18(17)29-20(22)21-19(24)10-12-30(27,28)14-15-6-4-3-5-7-15/h2-9,13H,1,10-12,14H2. The maximum Gasteiger partial charge on any atom is 0.270 e. The predicted molar refractivity (Wildman–Crippen MR) is 116 cm³/mol. The first-order valence-corrected chi connectivity index (χ1v) is 11.6. The molecule has 30 heavy (non-hydrogen) atoms. The largest absolute Gasteiger partial charge is 0.312 e. The van der Waals surface area contributed by atoms with Crippen LogP contribution in [-0.2, 0) is 26.9 Å². The molecular weight excluding hydrogens is 426 g/mol. The molecule has 0 radical (unpaired) electrons. The third kappa shape index (κ3) is 5.28. The van der Waals surface area contributed by atoms with E-state index in [0.717, 1.165) is 11.3 Å². The normalized spacial score (nSPS) is 12.2. The summed E-state index contributed by atoms with van der Waals surface area (Å²) in [6.07, 6.45) is 1.39. The van der Waals surface area contributed by atoms with Crippen LogP contribution >= 0.6 is 11.3 Å². The van der Waals surface area contributed by atoms with Crippen molar-refractivity contribution < 1.29 is 18.1 Å². The highest BCUT2D eigenvalue weighted by Gasteiger charge is 2.16. The predicted octanol–water partition coefficient (Wildman–Crippen LogP) is 3.23. The summed E-state index contributed by atoms with van der Waals surface area (Å²) < 4.78 is 26.9. The maximum atomic E-state index is 12.3. The minimum atomic E-state index is -3.46. The zero-order valence-corrected chi connectivity index (χ0v) is 17.6. The number of carbonyl (C=O) groups is 1. The molecule has 0 spiro atoms. The van der Waals surface area contributed by atoms with Gasteiger partial charge in [0.1, 0.15) is 0 Å². The molecule has 2 aromatic carbocycles. The summed E-state index contributed by atoms with van der Waals surface area (Å²) in [6.45, 7) is 4.04. The Morgan fingerprint density at radius 1 is 1.23 bits per heavy atom. The SMILES string of the molecule is C=CCn1c(=NC(=O)CCS(=O)(=O)Cc2ccccc2)sc2cc([N+](=O)[O-])ccc21. The van der Waals surface area contributed by atoms with Crippen molar-refractivity contribution in [2.75, 3.05) is 5.75 Å². The number of rotatable bonds is 8. The van der Waals surface area contributed by atoms with Crippen LogP contribution < -0.4 is 4.80 Å². The molecule has 1 aromatic heterocycles. The van der Waals surface area contributed by atoms with E-state index in [1.807, 2.05) is 0 Å². The van der Waals surface area contributed by atoms with Crippen molar-refractivity contribution in [3.05, 3.63) is 81.7 Å². The smallest absolute Gasteiger partial charge is 0.270 e. The highest BCUT2D eigenvalue weighted by atomic mass is 32.2. The summed E-state index contributed by atoms with van der Waals surface area (Å²) in [4.78, 5) is 27.3. The van der Waals surface area contributed by atoms with Crippen LogP contribution in [0.25, 0.3) is 10.2 Å². The molecule has 156 valence electrons. The highest BCUT2D eigenvalue weighted by molar-refractivity contribution is 7.90. The van der Waals surface area contributed by atoms with Gasteiger partial charge in [-0.05, 0) is 11.6 Å². The summed E-state index contributed by atoms with van der Waals surface area (Å²) in [5.41, 5.74) is 1.30. The summed E-state index contributed by atoms with van der Waals surface area (Å²) in [7, 11) is -3.46. The molecule has 1 heterocycles. The number of thiazole rings is 1. The van der Waals surface area contributed by atoms with E-state index < -0.39 is 20.7 Å². The summed E-state index contributed by atoms with van der Waals surface area (Å²) in [6, 6.07) is 13.2. The van der Waals surface area contributed by atoms with Gasteiger partial charge in [-0.2, -0.15) is 4.99 Å². The van der Waals surface area contributed by atoms with Gasteiger partial charge in [-0.15, -0.1) is 6.58 Å². The molecule has 0 aliphatic rings. The molecule has 0 aliphatic carbocycles. The van der Waals surface area contributed by atoms with Crippen LogP contribution in [0.5, 0.6) is 0 Å². The Hall–Kier alpha value is -3.11. The number of sulfone groups is 1. The van der Waals surface area contributed by atoms with Crippen LogP contribution in [0.15, 0.2) is 66.2 Å². The maximum absolute atomic E-state index is 12.3. The van der Waals surface area contributed by atoms with Crippen LogP contribution in [0.4, 0.5) is 5.69 Å².